The Morgan fingerprint density at radius 2 is 2.00 bits per heavy atom. The lowest BCUT2D eigenvalue weighted by molar-refractivity contribution is 0.300. The third kappa shape index (κ3) is 7.17. The lowest BCUT2D eigenvalue weighted by atomic mass is 10.4. The van der Waals surface area contributed by atoms with E-state index in [9.17, 15) is 8.92 Å². The summed E-state index contributed by atoms with van der Waals surface area (Å²) >= 11 is 0. The van der Waals surface area contributed by atoms with Crippen molar-refractivity contribution in [1.82, 2.24) is 0 Å². The minimum absolute atomic E-state index is 0.512. The van der Waals surface area contributed by atoms with Crippen LogP contribution >= 0.6 is 0 Å². The molecular weight excluding hydrogens is 260 g/mol. The fourth-order valence-corrected chi connectivity index (χ4v) is 6.24. The lowest BCUT2D eigenvalue weighted by Crippen LogP contribution is -2.37. The smallest absolute Gasteiger partial charge is 0.474 e. The first-order valence-corrected chi connectivity index (χ1v) is 13.8. The van der Waals surface area contributed by atoms with Gasteiger partial charge in [0.15, 0.2) is 0 Å². The maximum absolute atomic E-state index is 10.6. The molecule has 0 aliphatic carbocycles. The highest BCUT2D eigenvalue weighted by atomic mass is 29.2. The van der Waals surface area contributed by atoms with Gasteiger partial charge < -0.3 is 17.5 Å². The predicted molar refractivity (Wildman–Crippen MR) is 67.2 cm³/mol. The zero-order valence-corrected chi connectivity index (χ0v) is 14.2. The normalized spacial score (nSPS) is 16.5. The molecule has 0 aliphatic rings. The molecule has 2 atom stereocenters. The van der Waals surface area contributed by atoms with E-state index in [4.69, 9.17) is 8.54 Å². The third-order valence-corrected chi connectivity index (χ3v) is 11.2. The van der Waals surface area contributed by atoms with Gasteiger partial charge in [0.05, 0.1) is 8.31 Å². The van der Waals surface area contributed by atoms with Crippen molar-refractivity contribution in [3.63, 3.8) is 0 Å². The number of unbranched alkanes of at least 4 members (excludes halogenated alkanes) is 1. The molecule has 88 valence electrons. The monoisotopic (exact) mass is 280 g/mol. The van der Waals surface area contributed by atoms with Crippen molar-refractivity contribution in [3.05, 3.63) is 0 Å². The molecule has 2 unspecified atom stereocenters. The highest BCUT2D eigenvalue weighted by molar-refractivity contribution is 7.05. The molecule has 0 aromatic rings. The molecule has 0 bridgehead atoms. The SMILES string of the molecule is CO[Si](C)(CCCC[SiH](C)[SiH]=O)O[SiH]=O. The quantitative estimate of drug-likeness (QED) is 0.451. The molecule has 0 saturated carbocycles. The third-order valence-electron chi connectivity index (χ3n) is 2.50. The molecule has 0 fully saturated rings. The molecule has 4 nitrogen and oxygen atoms in total. The summed E-state index contributed by atoms with van der Waals surface area (Å²) in [5.41, 5.74) is 0. The summed E-state index contributed by atoms with van der Waals surface area (Å²) in [6.07, 6.45) is 2.14. The van der Waals surface area contributed by atoms with E-state index in [1.54, 1.807) is 7.11 Å². The van der Waals surface area contributed by atoms with Gasteiger partial charge in [0.25, 0.3) is 0 Å². The predicted octanol–water partition coefficient (Wildman–Crippen LogP) is 0.334. The second-order valence-corrected chi connectivity index (χ2v) is 15.3. The molecule has 0 saturated heterocycles. The van der Waals surface area contributed by atoms with Crippen molar-refractivity contribution in [1.29, 1.82) is 0 Å². The highest BCUT2D eigenvalue weighted by Gasteiger charge is 2.30. The van der Waals surface area contributed by atoms with Gasteiger partial charge in [-0.1, -0.05) is 25.4 Å². The first-order valence-electron chi connectivity index (χ1n) is 5.20. The lowest BCUT2D eigenvalue weighted by Gasteiger charge is -2.22. The second kappa shape index (κ2) is 8.39. The van der Waals surface area contributed by atoms with Gasteiger partial charge in [-0.15, -0.1) is 0 Å². The molecule has 0 aromatic heterocycles. The average molecular weight is 281 g/mol. The van der Waals surface area contributed by atoms with Gasteiger partial charge in [-0.3, -0.25) is 0 Å². The van der Waals surface area contributed by atoms with Crippen LogP contribution in [0.4, 0.5) is 0 Å². The van der Waals surface area contributed by atoms with Crippen molar-refractivity contribution in [3.8, 4) is 0 Å². The van der Waals surface area contributed by atoms with E-state index in [0.29, 0.717) is 0 Å². The maximum Gasteiger partial charge on any atom is 0.474 e. The summed E-state index contributed by atoms with van der Waals surface area (Å²) in [6, 6.07) is 2.02. The first-order chi connectivity index (χ1) is 7.08. The Balaban J connectivity index is 3.71. The second-order valence-electron chi connectivity index (χ2n) is 3.91. The molecule has 0 heterocycles. The van der Waals surface area contributed by atoms with E-state index in [2.05, 4.69) is 6.55 Å². The Hall–Kier alpha value is 0.228. The molecule has 0 spiro atoms. The van der Waals surface area contributed by atoms with E-state index >= 15 is 0 Å². The van der Waals surface area contributed by atoms with E-state index < -0.39 is 35.4 Å². The van der Waals surface area contributed by atoms with E-state index in [1.165, 1.54) is 0 Å². The summed E-state index contributed by atoms with van der Waals surface area (Å²) in [5, 5.41) is 0. The topological polar surface area (TPSA) is 52.6 Å². The van der Waals surface area contributed by atoms with Crippen molar-refractivity contribution in [2.45, 2.75) is 38.0 Å². The van der Waals surface area contributed by atoms with Gasteiger partial charge >= 0.3 is 18.2 Å². The minimum atomic E-state index is -2.14. The summed E-state index contributed by atoms with van der Waals surface area (Å²) < 4.78 is 31.6. The Labute approximate surface area is 98.3 Å². The zero-order valence-electron chi connectivity index (χ0n) is 9.69. The van der Waals surface area contributed by atoms with Crippen molar-refractivity contribution in [2.24, 2.45) is 0 Å². The van der Waals surface area contributed by atoms with E-state index in [-0.39, 0.29) is 0 Å². The Bertz CT molecular complexity index is 203. The van der Waals surface area contributed by atoms with Crippen LogP contribution in [-0.4, -0.2) is 42.6 Å². The number of hydrogen-bond acceptors (Lipinski definition) is 4. The van der Waals surface area contributed by atoms with E-state index in [1.807, 2.05) is 6.55 Å². The first kappa shape index (κ1) is 15.2. The zero-order chi connectivity index (χ0) is 11.7. The fourth-order valence-electron chi connectivity index (χ4n) is 1.29. The van der Waals surface area contributed by atoms with Crippen LogP contribution in [0.1, 0.15) is 12.8 Å². The summed E-state index contributed by atoms with van der Waals surface area (Å²) in [4.78, 5) is 0. The minimum Gasteiger partial charge on any atom is -0.561 e. The van der Waals surface area contributed by atoms with Crippen molar-refractivity contribution in [2.75, 3.05) is 7.11 Å². The van der Waals surface area contributed by atoms with Crippen LogP contribution in [-0.2, 0) is 17.5 Å². The van der Waals surface area contributed by atoms with Crippen LogP contribution in [0.25, 0.3) is 0 Å². The van der Waals surface area contributed by atoms with Gasteiger partial charge in [0.2, 0.25) is 8.92 Å². The van der Waals surface area contributed by atoms with Crippen molar-refractivity contribution < 1.29 is 17.5 Å². The van der Waals surface area contributed by atoms with Gasteiger partial charge in [-0.05, 0) is 6.55 Å². The summed E-state index contributed by atoms with van der Waals surface area (Å²) in [7, 11) is -3.08. The largest absolute Gasteiger partial charge is 0.561 e. The van der Waals surface area contributed by atoms with Crippen LogP contribution < -0.4 is 0 Å². The van der Waals surface area contributed by atoms with Gasteiger partial charge in [-0.2, -0.15) is 0 Å². The van der Waals surface area contributed by atoms with Crippen LogP contribution in [0.5, 0.6) is 0 Å². The number of hydrogen-bond donors (Lipinski definition) is 0. The molecule has 0 aliphatic heterocycles. The van der Waals surface area contributed by atoms with Crippen LogP contribution in [0.15, 0.2) is 0 Å². The van der Waals surface area contributed by atoms with Gasteiger partial charge in [0.1, 0.15) is 0 Å². The highest BCUT2D eigenvalue weighted by Crippen LogP contribution is 2.16. The number of rotatable bonds is 9. The summed E-state index contributed by atoms with van der Waals surface area (Å²) in [5.74, 6) is 0. The Morgan fingerprint density at radius 1 is 1.33 bits per heavy atom. The Kier molecular flexibility index (Phi) is 8.51. The standard InChI is InChI=1S/C7H20O4Si4/c1-10-15(3,11-12-8)7-5-4-6-14(2)13-9/h12-14H,4-7H2,1-3H3. The summed E-state index contributed by atoms with van der Waals surface area (Å²) in [6.45, 7) is 4.09. The Morgan fingerprint density at radius 3 is 2.47 bits per heavy atom. The van der Waals surface area contributed by atoms with Crippen LogP contribution in [0, 0.1) is 0 Å². The van der Waals surface area contributed by atoms with E-state index in [0.717, 1.165) is 24.9 Å². The van der Waals surface area contributed by atoms with Gasteiger partial charge in [-0.25, -0.2) is 0 Å². The molecular formula is C7H20O4Si4. The molecule has 8 heteroatoms. The van der Waals surface area contributed by atoms with Crippen LogP contribution in [0.3, 0.4) is 0 Å². The van der Waals surface area contributed by atoms with Gasteiger partial charge in [0, 0.05) is 13.2 Å². The fraction of sp³-hybridized carbons (Fsp3) is 1.00. The molecule has 0 amide bonds. The average Bonchev–Trinajstić information content (AvgIpc) is 2.24. The van der Waals surface area contributed by atoms with Crippen molar-refractivity contribution >= 4 is 35.4 Å². The molecule has 0 N–H and O–H groups in total. The maximum atomic E-state index is 10.6. The molecule has 15 heavy (non-hydrogen) atoms. The van der Waals surface area contributed by atoms with Crippen LogP contribution in [0.2, 0.25) is 25.2 Å². The molecule has 0 aromatic carbocycles. The molecule has 0 rings (SSSR count). The molecule has 0 radical (unpaired) electrons.